The zero-order chi connectivity index (χ0) is 11.9. The van der Waals surface area contributed by atoms with Gasteiger partial charge in [0.25, 0.3) is 0 Å². The van der Waals surface area contributed by atoms with Gasteiger partial charge in [0.05, 0.1) is 13.7 Å². The fourth-order valence-electron chi connectivity index (χ4n) is 1.54. The van der Waals surface area contributed by atoms with Crippen molar-refractivity contribution in [1.29, 1.82) is 0 Å². The number of hydrogen-bond donors (Lipinski definition) is 0. The summed E-state index contributed by atoms with van der Waals surface area (Å²) in [4.78, 5) is 8.40. The van der Waals surface area contributed by atoms with Gasteiger partial charge >= 0.3 is 0 Å². The molecule has 0 aliphatic carbocycles. The summed E-state index contributed by atoms with van der Waals surface area (Å²) in [5.74, 6) is 0.871. The summed E-state index contributed by atoms with van der Waals surface area (Å²) in [5, 5.41) is 0. The number of methoxy groups -OCH3 is 1. The van der Waals surface area contributed by atoms with Crippen molar-refractivity contribution in [2.24, 2.45) is 4.99 Å². The molecule has 2 aromatic rings. The van der Waals surface area contributed by atoms with Crippen molar-refractivity contribution in [3.63, 3.8) is 0 Å². The van der Waals surface area contributed by atoms with E-state index >= 15 is 0 Å². The average Bonchev–Trinajstić information content (AvgIpc) is 2.40. The van der Waals surface area contributed by atoms with E-state index in [1.54, 1.807) is 19.5 Å². The van der Waals surface area contributed by atoms with Gasteiger partial charge in [-0.3, -0.25) is 9.98 Å². The third kappa shape index (κ3) is 3.14. The Morgan fingerprint density at radius 3 is 2.88 bits per heavy atom. The van der Waals surface area contributed by atoms with E-state index in [9.17, 15) is 0 Å². The van der Waals surface area contributed by atoms with E-state index in [0.29, 0.717) is 6.54 Å². The van der Waals surface area contributed by atoms with Crippen LogP contribution in [0.1, 0.15) is 11.1 Å². The molecule has 0 saturated carbocycles. The monoisotopic (exact) mass is 226 g/mol. The first-order chi connectivity index (χ1) is 8.40. The van der Waals surface area contributed by atoms with Crippen LogP contribution in [-0.4, -0.2) is 18.3 Å². The minimum atomic E-state index is 0.610. The largest absolute Gasteiger partial charge is 0.496 e. The fraction of sp³-hybridized carbons (Fsp3) is 0.143. The third-order valence-electron chi connectivity index (χ3n) is 2.38. The molecule has 0 saturated heterocycles. The topological polar surface area (TPSA) is 34.5 Å². The summed E-state index contributed by atoms with van der Waals surface area (Å²) in [5.41, 5.74) is 2.08. The molecule has 86 valence electrons. The predicted octanol–water partition coefficient (Wildman–Crippen LogP) is 2.71. The van der Waals surface area contributed by atoms with E-state index in [1.165, 1.54) is 0 Å². The highest BCUT2D eigenvalue weighted by molar-refractivity contribution is 5.78. The molecule has 0 atom stereocenters. The first-order valence-electron chi connectivity index (χ1n) is 5.42. The zero-order valence-electron chi connectivity index (χ0n) is 9.71. The van der Waals surface area contributed by atoms with Crippen molar-refractivity contribution in [2.45, 2.75) is 6.54 Å². The molecule has 1 heterocycles. The second-order valence-corrected chi connectivity index (χ2v) is 3.57. The Balaban J connectivity index is 2.05. The normalized spacial score (nSPS) is 10.6. The highest BCUT2D eigenvalue weighted by atomic mass is 16.5. The van der Waals surface area contributed by atoms with Crippen LogP contribution in [0.5, 0.6) is 5.75 Å². The van der Waals surface area contributed by atoms with Gasteiger partial charge < -0.3 is 4.74 Å². The summed E-state index contributed by atoms with van der Waals surface area (Å²) >= 11 is 0. The molecule has 0 N–H and O–H groups in total. The molecule has 0 aliphatic heterocycles. The Hall–Kier alpha value is -2.16. The lowest BCUT2D eigenvalue weighted by Gasteiger charge is -2.04. The van der Waals surface area contributed by atoms with Gasteiger partial charge in [-0.1, -0.05) is 24.3 Å². The number of pyridine rings is 1. The van der Waals surface area contributed by atoms with Crippen LogP contribution in [0.4, 0.5) is 0 Å². The van der Waals surface area contributed by atoms with Crippen LogP contribution < -0.4 is 4.74 Å². The van der Waals surface area contributed by atoms with Crippen LogP contribution in [0.15, 0.2) is 53.8 Å². The standard InChI is InChI=1S/C14H14N2O/c1-17-14-7-3-2-6-13(14)11-16-10-12-5-4-8-15-9-12/h2-10H,11H2,1H3/b16-10-. The van der Waals surface area contributed by atoms with Gasteiger partial charge in [0, 0.05) is 29.7 Å². The molecule has 1 aromatic carbocycles. The van der Waals surface area contributed by atoms with Crippen molar-refractivity contribution in [2.75, 3.05) is 7.11 Å². The highest BCUT2D eigenvalue weighted by Crippen LogP contribution is 2.17. The third-order valence-corrected chi connectivity index (χ3v) is 2.38. The van der Waals surface area contributed by atoms with E-state index < -0.39 is 0 Å². The SMILES string of the molecule is COc1ccccc1C/N=C\c1cccnc1. The molecule has 0 aliphatic rings. The predicted molar refractivity (Wildman–Crippen MR) is 68.5 cm³/mol. The Kier molecular flexibility index (Phi) is 3.86. The van der Waals surface area contributed by atoms with E-state index in [2.05, 4.69) is 9.98 Å². The number of benzene rings is 1. The number of aromatic nitrogens is 1. The van der Waals surface area contributed by atoms with Crippen molar-refractivity contribution in [3.8, 4) is 5.75 Å². The van der Waals surface area contributed by atoms with Crippen LogP contribution in [0.25, 0.3) is 0 Å². The molecule has 0 radical (unpaired) electrons. The lowest BCUT2D eigenvalue weighted by molar-refractivity contribution is 0.410. The Morgan fingerprint density at radius 2 is 2.12 bits per heavy atom. The number of nitrogens with zero attached hydrogens (tertiary/aromatic N) is 2. The molecule has 0 bridgehead atoms. The number of aliphatic imine (C=N–C) groups is 1. The Bertz CT molecular complexity index is 495. The lowest BCUT2D eigenvalue weighted by Crippen LogP contribution is -1.91. The second kappa shape index (κ2) is 5.80. The van der Waals surface area contributed by atoms with E-state index in [-0.39, 0.29) is 0 Å². The summed E-state index contributed by atoms with van der Waals surface area (Å²) < 4.78 is 5.26. The van der Waals surface area contributed by atoms with Crippen molar-refractivity contribution in [1.82, 2.24) is 4.98 Å². The first-order valence-corrected chi connectivity index (χ1v) is 5.42. The van der Waals surface area contributed by atoms with Crippen LogP contribution in [0.3, 0.4) is 0 Å². The molecule has 0 amide bonds. The Morgan fingerprint density at radius 1 is 1.24 bits per heavy atom. The van der Waals surface area contributed by atoms with Gasteiger partial charge in [-0.05, 0) is 12.1 Å². The van der Waals surface area contributed by atoms with E-state index in [0.717, 1.165) is 16.9 Å². The zero-order valence-corrected chi connectivity index (χ0v) is 9.71. The second-order valence-electron chi connectivity index (χ2n) is 3.57. The van der Waals surface area contributed by atoms with Crippen LogP contribution in [-0.2, 0) is 6.54 Å². The molecule has 3 nitrogen and oxygen atoms in total. The van der Waals surface area contributed by atoms with Crippen molar-refractivity contribution < 1.29 is 4.74 Å². The minimum Gasteiger partial charge on any atom is -0.496 e. The van der Waals surface area contributed by atoms with Crippen molar-refractivity contribution in [3.05, 3.63) is 59.9 Å². The van der Waals surface area contributed by atoms with E-state index in [4.69, 9.17) is 4.74 Å². The first kappa shape index (κ1) is 11.3. The maximum Gasteiger partial charge on any atom is 0.123 e. The van der Waals surface area contributed by atoms with Crippen molar-refractivity contribution >= 4 is 6.21 Å². The molecular weight excluding hydrogens is 212 g/mol. The fourth-order valence-corrected chi connectivity index (χ4v) is 1.54. The molecule has 17 heavy (non-hydrogen) atoms. The Labute approximate surface area is 101 Å². The number of para-hydroxylation sites is 1. The lowest BCUT2D eigenvalue weighted by atomic mass is 10.2. The van der Waals surface area contributed by atoms with Crippen LogP contribution in [0, 0.1) is 0 Å². The minimum absolute atomic E-state index is 0.610. The molecule has 0 unspecified atom stereocenters. The number of hydrogen-bond acceptors (Lipinski definition) is 3. The maximum absolute atomic E-state index is 5.26. The van der Waals surface area contributed by atoms with Gasteiger partial charge in [-0.25, -0.2) is 0 Å². The smallest absolute Gasteiger partial charge is 0.123 e. The molecule has 2 rings (SSSR count). The maximum atomic E-state index is 5.26. The van der Waals surface area contributed by atoms with E-state index in [1.807, 2.05) is 42.6 Å². The van der Waals surface area contributed by atoms with Gasteiger partial charge in [-0.15, -0.1) is 0 Å². The van der Waals surface area contributed by atoms with Gasteiger partial charge in [0.2, 0.25) is 0 Å². The van der Waals surface area contributed by atoms with Gasteiger partial charge in [0.15, 0.2) is 0 Å². The molecule has 1 aromatic heterocycles. The van der Waals surface area contributed by atoms with Gasteiger partial charge in [0.1, 0.15) is 5.75 Å². The van der Waals surface area contributed by atoms with Crippen LogP contribution in [0.2, 0.25) is 0 Å². The number of ether oxygens (including phenoxy) is 1. The average molecular weight is 226 g/mol. The summed E-state index contributed by atoms with van der Waals surface area (Å²) in [7, 11) is 1.67. The highest BCUT2D eigenvalue weighted by Gasteiger charge is 1.98. The molecule has 3 heteroatoms. The summed E-state index contributed by atoms with van der Waals surface area (Å²) in [6.07, 6.45) is 5.35. The van der Waals surface area contributed by atoms with Gasteiger partial charge in [-0.2, -0.15) is 0 Å². The summed E-state index contributed by atoms with van der Waals surface area (Å²) in [6.45, 7) is 0.610. The quantitative estimate of drug-likeness (QED) is 0.751. The summed E-state index contributed by atoms with van der Waals surface area (Å²) in [6, 6.07) is 11.8. The molecular formula is C14H14N2O. The van der Waals surface area contributed by atoms with Crippen LogP contribution >= 0.6 is 0 Å². The molecule has 0 spiro atoms. The molecule has 0 fully saturated rings. The number of rotatable bonds is 4.